The van der Waals surface area contributed by atoms with Crippen molar-refractivity contribution in [1.82, 2.24) is 10.6 Å². The van der Waals surface area contributed by atoms with Gasteiger partial charge in [0.1, 0.15) is 0 Å². The highest BCUT2D eigenvalue weighted by Crippen LogP contribution is 2.37. The maximum Gasteiger partial charge on any atom is 0.391 e. The third-order valence-electron chi connectivity index (χ3n) is 4.43. The normalized spacial score (nSPS) is 21.9. The van der Waals surface area contributed by atoms with Gasteiger partial charge in [-0.15, -0.1) is 0 Å². The van der Waals surface area contributed by atoms with Crippen molar-refractivity contribution in [2.24, 2.45) is 5.92 Å². The molecule has 0 atom stereocenters. The molecule has 0 radical (unpaired) electrons. The van der Waals surface area contributed by atoms with Crippen molar-refractivity contribution in [3.63, 3.8) is 0 Å². The molecule has 1 fully saturated rings. The van der Waals surface area contributed by atoms with E-state index in [0.29, 0.717) is 18.4 Å². The van der Waals surface area contributed by atoms with E-state index in [1.807, 2.05) is 19.2 Å². The number of hydrogen-bond donors (Lipinski definition) is 2. The lowest BCUT2D eigenvalue weighted by Crippen LogP contribution is -2.40. The molecule has 1 aliphatic rings. The standard InChI is InChI=1S/C17H23F3N2O/c1-21-11-10-12-4-2-3-5-15(12)16(23)22-14-8-6-13(7-9-14)17(18,19)20/h2-5,13-14,21H,6-11H2,1H3,(H,22,23). The first-order chi connectivity index (χ1) is 10.9. The summed E-state index contributed by atoms with van der Waals surface area (Å²) in [5.41, 5.74) is 1.56. The Morgan fingerprint density at radius 2 is 1.83 bits per heavy atom. The zero-order chi connectivity index (χ0) is 16.9. The van der Waals surface area contributed by atoms with Crippen LogP contribution in [0, 0.1) is 5.92 Å². The van der Waals surface area contributed by atoms with Gasteiger partial charge in [-0.3, -0.25) is 4.79 Å². The Labute approximate surface area is 134 Å². The minimum Gasteiger partial charge on any atom is -0.349 e. The van der Waals surface area contributed by atoms with Crippen molar-refractivity contribution >= 4 is 5.91 Å². The molecule has 2 N–H and O–H groups in total. The summed E-state index contributed by atoms with van der Waals surface area (Å²) < 4.78 is 38.0. The van der Waals surface area contributed by atoms with Crippen LogP contribution in [0.4, 0.5) is 13.2 Å². The Morgan fingerprint density at radius 3 is 2.43 bits per heavy atom. The summed E-state index contributed by atoms with van der Waals surface area (Å²) in [6.45, 7) is 0.765. The summed E-state index contributed by atoms with van der Waals surface area (Å²) >= 11 is 0. The van der Waals surface area contributed by atoms with Crippen LogP contribution in [0.2, 0.25) is 0 Å². The van der Waals surface area contributed by atoms with E-state index in [9.17, 15) is 18.0 Å². The highest BCUT2D eigenvalue weighted by molar-refractivity contribution is 5.95. The van der Waals surface area contributed by atoms with Crippen molar-refractivity contribution in [2.45, 2.75) is 44.3 Å². The van der Waals surface area contributed by atoms with Crippen LogP contribution >= 0.6 is 0 Å². The van der Waals surface area contributed by atoms with Gasteiger partial charge < -0.3 is 10.6 Å². The molecule has 23 heavy (non-hydrogen) atoms. The summed E-state index contributed by atoms with van der Waals surface area (Å²) in [4.78, 5) is 12.4. The molecule has 1 aromatic carbocycles. The summed E-state index contributed by atoms with van der Waals surface area (Å²) in [7, 11) is 1.85. The third-order valence-corrected chi connectivity index (χ3v) is 4.43. The molecule has 0 aliphatic heterocycles. The van der Waals surface area contributed by atoms with Crippen LogP contribution in [0.25, 0.3) is 0 Å². The summed E-state index contributed by atoms with van der Waals surface area (Å²) in [5.74, 6) is -1.41. The van der Waals surface area contributed by atoms with Crippen LogP contribution in [0.5, 0.6) is 0 Å². The van der Waals surface area contributed by atoms with Crippen molar-refractivity contribution < 1.29 is 18.0 Å². The van der Waals surface area contributed by atoms with Crippen molar-refractivity contribution in [2.75, 3.05) is 13.6 Å². The van der Waals surface area contributed by atoms with E-state index in [4.69, 9.17) is 0 Å². The lowest BCUT2D eigenvalue weighted by molar-refractivity contribution is -0.182. The average Bonchev–Trinajstić information content (AvgIpc) is 2.53. The Balaban J connectivity index is 1.93. The molecule has 0 saturated heterocycles. The minimum absolute atomic E-state index is 0.0931. The molecule has 3 nitrogen and oxygen atoms in total. The first-order valence-corrected chi connectivity index (χ1v) is 8.02. The number of likely N-dealkylation sites (N-methyl/N-ethyl adjacent to an activating group) is 1. The molecule has 0 unspecified atom stereocenters. The zero-order valence-electron chi connectivity index (χ0n) is 13.2. The zero-order valence-corrected chi connectivity index (χ0v) is 13.2. The van der Waals surface area contributed by atoms with Gasteiger partial charge >= 0.3 is 6.18 Å². The number of benzene rings is 1. The largest absolute Gasteiger partial charge is 0.391 e. The Bertz CT molecular complexity index is 523. The number of nitrogens with one attached hydrogen (secondary N) is 2. The lowest BCUT2D eigenvalue weighted by atomic mass is 9.85. The minimum atomic E-state index is -4.12. The van der Waals surface area contributed by atoms with Crippen LogP contribution in [0.15, 0.2) is 24.3 Å². The molecule has 1 amide bonds. The second kappa shape index (κ2) is 7.81. The van der Waals surface area contributed by atoms with Gasteiger partial charge in [0.15, 0.2) is 0 Å². The van der Waals surface area contributed by atoms with Gasteiger partial charge in [-0.25, -0.2) is 0 Å². The molecule has 1 saturated carbocycles. The first kappa shape index (κ1) is 17.8. The predicted octanol–water partition coefficient (Wildman–Crippen LogP) is 3.30. The molecule has 1 aromatic rings. The topological polar surface area (TPSA) is 41.1 Å². The number of rotatable bonds is 5. The van der Waals surface area contributed by atoms with Crippen LogP contribution in [-0.2, 0) is 6.42 Å². The van der Waals surface area contributed by atoms with E-state index < -0.39 is 12.1 Å². The number of hydrogen-bond acceptors (Lipinski definition) is 2. The van der Waals surface area contributed by atoms with Crippen molar-refractivity contribution in [3.05, 3.63) is 35.4 Å². The second-order valence-electron chi connectivity index (χ2n) is 6.07. The first-order valence-electron chi connectivity index (χ1n) is 8.02. The second-order valence-corrected chi connectivity index (χ2v) is 6.07. The summed E-state index contributed by atoms with van der Waals surface area (Å²) in [6.07, 6.45) is -2.43. The number of carbonyl (C=O) groups excluding carboxylic acids is 1. The maximum absolute atomic E-state index is 12.7. The van der Waals surface area contributed by atoms with E-state index in [0.717, 1.165) is 18.5 Å². The molecule has 0 aromatic heterocycles. The molecule has 0 spiro atoms. The molecular weight excluding hydrogens is 305 g/mol. The predicted molar refractivity (Wildman–Crippen MR) is 83.3 cm³/mol. The number of alkyl halides is 3. The van der Waals surface area contributed by atoms with Gasteiger partial charge in [0, 0.05) is 11.6 Å². The number of halogens is 3. The van der Waals surface area contributed by atoms with E-state index in [1.54, 1.807) is 12.1 Å². The Morgan fingerprint density at radius 1 is 1.17 bits per heavy atom. The highest BCUT2D eigenvalue weighted by Gasteiger charge is 2.41. The molecule has 1 aliphatic carbocycles. The van der Waals surface area contributed by atoms with Gasteiger partial charge in [-0.05, 0) is 57.3 Å². The van der Waals surface area contributed by atoms with E-state index >= 15 is 0 Å². The van der Waals surface area contributed by atoms with E-state index in [2.05, 4.69) is 10.6 Å². The Hall–Kier alpha value is -1.56. The maximum atomic E-state index is 12.7. The molecule has 0 heterocycles. The molecular formula is C17H23F3N2O. The highest BCUT2D eigenvalue weighted by atomic mass is 19.4. The lowest BCUT2D eigenvalue weighted by Gasteiger charge is -2.30. The van der Waals surface area contributed by atoms with Gasteiger partial charge in [-0.2, -0.15) is 13.2 Å². The number of carbonyl (C=O) groups is 1. The monoisotopic (exact) mass is 328 g/mol. The molecule has 0 bridgehead atoms. The van der Waals surface area contributed by atoms with Gasteiger partial charge in [0.05, 0.1) is 5.92 Å². The fraction of sp³-hybridized carbons (Fsp3) is 0.588. The average molecular weight is 328 g/mol. The SMILES string of the molecule is CNCCc1ccccc1C(=O)NC1CCC(C(F)(F)F)CC1. The Kier molecular flexibility index (Phi) is 6.04. The number of amides is 1. The van der Waals surface area contributed by atoms with Crippen molar-refractivity contribution in [3.8, 4) is 0 Å². The molecule has 128 valence electrons. The smallest absolute Gasteiger partial charge is 0.349 e. The van der Waals surface area contributed by atoms with Crippen LogP contribution < -0.4 is 10.6 Å². The van der Waals surface area contributed by atoms with Gasteiger partial charge in [0.25, 0.3) is 5.91 Å². The third kappa shape index (κ3) is 4.96. The van der Waals surface area contributed by atoms with Crippen molar-refractivity contribution in [1.29, 1.82) is 0 Å². The van der Waals surface area contributed by atoms with Crippen LogP contribution in [0.3, 0.4) is 0 Å². The van der Waals surface area contributed by atoms with Gasteiger partial charge in [-0.1, -0.05) is 18.2 Å². The molecule has 6 heteroatoms. The summed E-state index contributed by atoms with van der Waals surface area (Å²) in [6, 6.07) is 7.20. The fourth-order valence-corrected chi connectivity index (χ4v) is 3.05. The summed E-state index contributed by atoms with van der Waals surface area (Å²) in [5, 5.41) is 5.94. The van der Waals surface area contributed by atoms with Crippen LogP contribution in [-0.4, -0.2) is 31.7 Å². The van der Waals surface area contributed by atoms with Crippen LogP contribution in [0.1, 0.15) is 41.6 Å². The fourth-order valence-electron chi connectivity index (χ4n) is 3.05. The van der Waals surface area contributed by atoms with E-state index in [-0.39, 0.29) is 24.8 Å². The quantitative estimate of drug-likeness (QED) is 0.871. The molecule has 2 rings (SSSR count). The van der Waals surface area contributed by atoms with E-state index in [1.165, 1.54) is 0 Å². The van der Waals surface area contributed by atoms with Gasteiger partial charge in [0.2, 0.25) is 0 Å².